The van der Waals surface area contributed by atoms with Crippen molar-refractivity contribution in [1.82, 2.24) is 9.55 Å². The number of nitrogens with zero attached hydrogens (tertiary/aromatic N) is 3. The van der Waals surface area contributed by atoms with Crippen LogP contribution in [-0.4, -0.2) is 37.1 Å². The number of para-hydroxylation sites is 1. The standard InChI is InChI=1S/C18H17N3O4S/c1-20(26(2,24)25)14-9-7-13(8-10-14)17(22)11-21-12-19-16-6-4-3-5-15(16)18(21)23/h3-10,12H,11H2,1-2H3. The zero-order valence-electron chi connectivity index (χ0n) is 14.3. The fraction of sp³-hybridized carbons (Fsp3) is 0.167. The molecule has 7 nitrogen and oxygen atoms in total. The molecule has 0 amide bonds. The molecule has 1 aromatic heterocycles. The van der Waals surface area contributed by atoms with Crippen molar-refractivity contribution in [2.45, 2.75) is 6.54 Å². The second-order valence-corrected chi connectivity index (χ2v) is 7.91. The zero-order chi connectivity index (χ0) is 18.9. The van der Waals surface area contributed by atoms with Gasteiger partial charge in [0.2, 0.25) is 10.0 Å². The summed E-state index contributed by atoms with van der Waals surface area (Å²) >= 11 is 0. The van der Waals surface area contributed by atoms with Gasteiger partial charge in [-0.1, -0.05) is 12.1 Å². The maximum atomic E-state index is 12.5. The zero-order valence-corrected chi connectivity index (χ0v) is 15.1. The van der Waals surface area contributed by atoms with Crippen LogP contribution in [0.2, 0.25) is 0 Å². The highest BCUT2D eigenvalue weighted by molar-refractivity contribution is 7.92. The van der Waals surface area contributed by atoms with E-state index in [0.29, 0.717) is 22.2 Å². The van der Waals surface area contributed by atoms with E-state index >= 15 is 0 Å². The van der Waals surface area contributed by atoms with Crippen LogP contribution in [-0.2, 0) is 16.6 Å². The van der Waals surface area contributed by atoms with Crippen LogP contribution in [0.25, 0.3) is 10.9 Å². The topological polar surface area (TPSA) is 89.3 Å². The Morgan fingerprint density at radius 2 is 1.77 bits per heavy atom. The number of hydrogen-bond acceptors (Lipinski definition) is 5. The number of aromatic nitrogens is 2. The van der Waals surface area contributed by atoms with Crippen molar-refractivity contribution in [3.63, 3.8) is 0 Å². The minimum Gasteiger partial charge on any atom is -0.292 e. The third kappa shape index (κ3) is 3.50. The molecule has 3 aromatic rings. The van der Waals surface area contributed by atoms with Crippen LogP contribution >= 0.6 is 0 Å². The summed E-state index contributed by atoms with van der Waals surface area (Å²) in [6, 6.07) is 13.1. The van der Waals surface area contributed by atoms with Crippen molar-refractivity contribution < 1.29 is 13.2 Å². The molecular weight excluding hydrogens is 354 g/mol. The quantitative estimate of drug-likeness (QED) is 0.637. The van der Waals surface area contributed by atoms with Crippen molar-refractivity contribution in [2.24, 2.45) is 0 Å². The molecule has 0 aliphatic rings. The molecular formula is C18H17N3O4S. The molecule has 134 valence electrons. The largest absolute Gasteiger partial charge is 0.292 e. The SMILES string of the molecule is CN(c1ccc(C(=O)Cn2cnc3ccccc3c2=O)cc1)S(C)(=O)=O. The Kier molecular flexibility index (Phi) is 4.60. The van der Waals surface area contributed by atoms with E-state index in [0.717, 1.165) is 10.6 Å². The Balaban J connectivity index is 1.85. The molecule has 0 saturated heterocycles. The molecule has 0 fully saturated rings. The van der Waals surface area contributed by atoms with Gasteiger partial charge in [0.1, 0.15) is 0 Å². The van der Waals surface area contributed by atoms with Crippen LogP contribution in [0.5, 0.6) is 0 Å². The van der Waals surface area contributed by atoms with Crippen molar-refractivity contribution >= 4 is 32.4 Å². The first-order chi connectivity index (χ1) is 12.3. The van der Waals surface area contributed by atoms with Crippen molar-refractivity contribution in [3.8, 4) is 0 Å². The average Bonchev–Trinajstić information content (AvgIpc) is 2.63. The highest BCUT2D eigenvalue weighted by Crippen LogP contribution is 2.17. The fourth-order valence-corrected chi connectivity index (χ4v) is 3.02. The molecule has 0 atom stereocenters. The highest BCUT2D eigenvalue weighted by atomic mass is 32.2. The number of Topliss-reactive ketones (excluding diaryl/α,β-unsaturated/α-hetero) is 1. The number of benzene rings is 2. The van der Waals surface area contributed by atoms with Gasteiger partial charge in [0.15, 0.2) is 5.78 Å². The van der Waals surface area contributed by atoms with Gasteiger partial charge in [0, 0.05) is 12.6 Å². The van der Waals surface area contributed by atoms with Gasteiger partial charge in [-0.15, -0.1) is 0 Å². The fourth-order valence-electron chi connectivity index (χ4n) is 2.51. The second-order valence-electron chi connectivity index (χ2n) is 5.90. The Bertz CT molecular complexity index is 1140. The maximum Gasteiger partial charge on any atom is 0.261 e. The molecule has 0 N–H and O–H groups in total. The molecule has 3 rings (SSSR count). The summed E-state index contributed by atoms with van der Waals surface area (Å²) in [7, 11) is -1.93. The number of anilines is 1. The van der Waals surface area contributed by atoms with Gasteiger partial charge in [-0.3, -0.25) is 18.5 Å². The van der Waals surface area contributed by atoms with Crippen molar-refractivity contribution in [2.75, 3.05) is 17.6 Å². The Labute approximate surface area is 150 Å². The Hall–Kier alpha value is -3.00. The summed E-state index contributed by atoms with van der Waals surface area (Å²) in [5.41, 5.74) is 1.14. The van der Waals surface area contributed by atoms with Gasteiger partial charge < -0.3 is 0 Å². The van der Waals surface area contributed by atoms with E-state index in [4.69, 9.17) is 0 Å². The number of sulfonamides is 1. The maximum absolute atomic E-state index is 12.5. The van der Waals surface area contributed by atoms with Crippen LogP contribution in [0, 0.1) is 0 Å². The lowest BCUT2D eigenvalue weighted by Crippen LogP contribution is -2.25. The van der Waals surface area contributed by atoms with E-state index in [-0.39, 0.29) is 17.9 Å². The molecule has 0 aliphatic carbocycles. The summed E-state index contributed by atoms with van der Waals surface area (Å²) in [4.78, 5) is 29.1. The van der Waals surface area contributed by atoms with E-state index in [1.165, 1.54) is 17.9 Å². The van der Waals surface area contributed by atoms with E-state index in [1.54, 1.807) is 48.5 Å². The van der Waals surface area contributed by atoms with Gasteiger partial charge in [0.05, 0.1) is 35.7 Å². The number of hydrogen-bond donors (Lipinski definition) is 0. The Morgan fingerprint density at radius 1 is 1.12 bits per heavy atom. The summed E-state index contributed by atoms with van der Waals surface area (Å²) in [6.07, 6.45) is 2.46. The molecule has 0 spiro atoms. The lowest BCUT2D eigenvalue weighted by molar-refractivity contribution is 0.0970. The van der Waals surface area contributed by atoms with Crippen LogP contribution in [0.1, 0.15) is 10.4 Å². The summed E-state index contributed by atoms with van der Waals surface area (Å²) in [5, 5.41) is 0.452. The van der Waals surface area contributed by atoms with E-state index in [9.17, 15) is 18.0 Å². The normalized spacial score (nSPS) is 11.5. The molecule has 0 bridgehead atoms. The summed E-state index contributed by atoms with van der Waals surface area (Å²) in [6.45, 7) is -0.141. The third-order valence-electron chi connectivity index (χ3n) is 4.10. The molecule has 26 heavy (non-hydrogen) atoms. The van der Waals surface area contributed by atoms with Gasteiger partial charge >= 0.3 is 0 Å². The first kappa shape index (κ1) is 17.8. The van der Waals surface area contributed by atoms with Crippen LogP contribution in [0.4, 0.5) is 5.69 Å². The number of rotatable bonds is 5. The van der Waals surface area contributed by atoms with Crippen LogP contribution < -0.4 is 9.86 Å². The molecule has 0 saturated carbocycles. The Morgan fingerprint density at radius 3 is 2.42 bits per heavy atom. The molecule has 0 unspecified atom stereocenters. The highest BCUT2D eigenvalue weighted by Gasteiger charge is 2.14. The van der Waals surface area contributed by atoms with Gasteiger partial charge in [-0.2, -0.15) is 0 Å². The van der Waals surface area contributed by atoms with Crippen molar-refractivity contribution in [3.05, 3.63) is 70.8 Å². The second kappa shape index (κ2) is 6.72. The summed E-state index contributed by atoms with van der Waals surface area (Å²) < 4.78 is 25.5. The third-order valence-corrected chi connectivity index (χ3v) is 5.30. The molecule has 1 heterocycles. The molecule has 8 heteroatoms. The number of fused-ring (bicyclic) bond motifs is 1. The number of carbonyl (C=O) groups is 1. The van der Waals surface area contributed by atoms with Crippen LogP contribution in [0.3, 0.4) is 0 Å². The average molecular weight is 371 g/mol. The first-order valence-corrected chi connectivity index (χ1v) is 9.63. The summed E-state index contributed by atoms with van der Waals surface area (Å²) in [5.74, 6) is -0.266. The lowest BCUT2D eigenvalue weighted by Gasteiger charge is -2.16. The minimum atomic E-state index is -3.37. The monoisotopic (exact) mass is 371 g/mol. The lowest BCUT2D eigenvalue weighted by atomic mass is 10.1. The minimum absolute atomic E-state index is 0.141. The molecule has 2 aromatic carbocycles. The van der Waals surface area contributed by atoms with Gasteiger partial charge in [0.25, 0.3) is 5.56 Å². The van der Waals surface area contributed by atoms with Crippen molar-refractivity contribution in [1.29, 1.82) is 0 Å². The van der Waals surface area contributed by atoms with Gasteiger partial charge in [-0.05, 0) is 36.4 Å². The van der Waals surface area contributed by atoms with E-state index < -0.39 is 10.0 Å². The van der Waals surface area contributed by atoms with Gasteiger partial charge in [-0.25, -0.2) is 13.4 Å². The molecule has 0 aliphatic heterocycles. The number of carbonyl (C=O) groups excluding carboxylic acids is 1. The first-order valence-electron chi connectivity index (χ1n) is 7.79. The smallest absolute Gasteiger partial charge is 0.261 e. The predicted octanol–water partition coefficient (Wildman–Crippen LogP) is 1.68. The van der Waals surface area contributed by atoms with Crippen LogP contribution in [0.15, 0.2) is 59.7 Å². The van der Waals surface area contributed by atoms with E-state index in [1.807, 2.05) is 0 Å². The van der Waals surface area contributed by atoms with E-state index in [2.05, 4.69) is 4.98 Å². The predicted molar refractivity (Wildman–Crippen MR) is 100 cm³/mol. The molecule has 0 radical (unpaired) electrons. The number of ketones is 1.